The number of esters is 1. The summed E-state index contributed by atoms with van der Waals surface area (Å²) in [5, 5.41) is 23.3. The van der Waals surface area contributed by atoms with Crippen LogP contribution in [0.15, 0.2) is 0 Å². The number of aliphatic hydroxyl groups is 2. The molecule has 0 fully saturated rings. The van der Waals surface area contributed by atoms with Crippen LogP contribution in [0.3, 0.4) is 0 Å². The summed E-state index contributed by atoms with van der Waals surface area (Å²) < 4.78 is 5.49. The molecule has 6 heteroatoms. The molecule has 0 saturated carbocycles. The lowest BCUT2D eigenvalue weighted by molar-refractivity contribution is -0.143. The molecule has 66 heavy (non-hydrogen) atoms. The largest absolute Gasteiger partial charge is 0.466 e. The molecule has 0 aromatic heterocycles. The summed E-state index contributed by atoms with van der Waals surface area (Å²) in [6.07, 6.45) is 65.2. The van der Waals surface area contributed by atoms with E-state index in [9.17, 15) is 19.8 Å². The van der Waals surface area contributed by atoms with Gasteiger partial charge in [-0.05, 0) is 25.7 Å². The second-order valence-electron chi connectivity index (χ2n) is 21.1. The van der Waals surface area contributed by atoms with Gasteiger partial charge in [-0.25, -0.2) is 0 Å². The van der Waals surface area contributed by atoms with Crippen LogP contribution in [-0.4, -0.2) is 47.4 Å². The van der Waals surface area contributed by atoms with Crippen molar-refractivity contribution in [3.8, 4) is 0 Å². The van der Waals surface area contributed by atoms with E-state index in [-0.39, 0.29) is 18.5 Å². The predicted molar refractivity (Wildman–Crippen MR) is 287 cm³/mol. The number of amides is 1. The number of hydrogen-bond donors (Lipinski definition) is 3. The van der Waals surface area contributed by atoms with Crippen LogP contribution in [-0.2, 0) is 14.3 Å². The number of hydrogen-bond acceptors (Lipinski definition) is 5. The normalized spacial score (nSPS) is 12.5. The molecular weight excluding hydrogens is 815 g/mol. The Hall–Kier alpha value is -1.14. The smallest absolute Gasteiger partial charge is 0.305 e. The lowest BCUT2D eigenvalue weighted by Gasteiger charge is -2.22. The van der Waals surface area contributed by atoms with Gasteiger partial charge in [-0.3, -0.25) is 9.59 Å². The lowest BCUT2D eigenvalue weighted by atomic mass is 10.0. The monoisotopic (exact) mass is 934 g/mol. The summed E-state index contributed by atoms with van der Waals surface area (Å²) in [5.41, 5.74) is 0. The topological polar surface area (TPSA) is 95.9 Å². The Morgan fingerprint density at radius 2 is 0.621 bits per heavy atom. The first-order chi connectivity index (χ1) is 32.5. The average Bonchev–Trinajstić information content (AvgIpc) is 3.32. The first-order valence-electron chi connectivity index (χ1n) is 30.3. The maximum absolute atomic E-state index is 12.5. The van der Waals surface area contributed by atoms with Gasteiger partial charge in [0.15, 0.2) is 0 Å². The van der Waals surface area contributed by atoms with E-state index in [0.717, 1.165) is 51.4 Å². The van der Waals surface area contributed by atoms with Crippen molar-refractivity contribution in [2.75, 3.05) is 13.2 Å². The molecule has 0 aliphatic carbocycles. The number of unbranched alkanes of at least 4 members (excludes halogenated alkanes) is 46. The second-order valence-corrected chi connectivity index (χ2v) is 21.1. The minimum Gasteiger partial charge on any atom is -0.466 e. The maximum Gasteiger partial charge on any atom is 0.305 e. The van der Waals surface area contributed by atoms with Crippen LogP contribution >= 0.6 is 0 Å². The van der Waals surface area contributed by atoms with Crippen molar-refractivity contribution < 1.29 is 24.5 Å². The number of carbonyl (C=O) groups excluding carboxylic acids is 2. The van der Waals surface area contributed by atoms with E-state index in [1.165, 1.54) is 263 Å². The Morgan fingerprint density at radius 3 is 0.924 bits per heavy atom. The van der Waals surface area contributed by atoms with Crippen molar-refractivity contribution in [3.63, 3.8) is 0 Å². The molecule has 0 heterocycles. The molecule has 0 rings (SSSR count). The Kier molecular flexibility index (Phi) is 55.5. The number of aliphatic hydroxyl groups excluding tert-OH is 2. The fraction of sp³-hybridized carbons (Fsp3) is 0.967. The molecule has 0 aromatic rings. The van der Waals surface area contributed by atoms with E-state index < -0.39 is 12.1 Å². The SMILES string of the molecule is CCCCCCCCCCCCCCCCCCCCC(O)C(CO)NC(=O)CCCCCCCCCCCCCCCCOC(=O)CCCCCCCCCCCCCCCCCCC. The summed E-state index contributed by atoms with van der Waals surface area (Å²) in [7, 11) is 0. The van der Waals surface area contributed by atoms with Crippen molar-refractivity contribution in [3.05, 3.63) is 0 Å². The molecule has 3 N–H and O–H groups in total. The maximum atomic E-state index is 12.5. The fourth-order valence-electron chi connectivity index (χ4n) is 9.76. The van der Waals surface area contributed by atoms with Crippen LogP contribution in [0.4, 0.5) is 0 Å². The third kappa shape index (κ3) is 52.2. The molecule has 0 spiro atoms. The van der Waals surface area contributed by atoms with Crippen molar-refractivity contribution in [2.24, 2.45) is 0 Å². The minimum absolute atomic E-state index is 0.00312. The zero-order valence-corrected chi connectivity index (χ0v) is 45.0. The first kappa shape index (κ1) is 64.9. The van der Waals surface area contributed by atoms with Gasteiger partial charge < -0.3 is 20.3 Å². The van der Waals surface area contributed by atoms with Gasteiger partial charge >= 0.3 is 5.97 Å². The summed E-state index contributed by atoms with van der Waals surface area (Å²) in [6, 6.07) is -0.548. The molecule has 0 aliphatic heterocycles. The molecule has 2 atom stereocenters. The Morgan fingerprint density at radius 1 is 0.364 bits per heavy atom. The van der Waals surface area contributed by atoms with E-state index in [1.54, 1.807) is 0 Å². The number of rotatable bonds is 57. The number of nitrogens with one attached hydrogen (secondary N) is 1. The van der Waals surface area contributed by atoms with Gasteiger partial charge in [0.2, 0.25) is 5.91 Å². The van der Waals surface area contributed by atoms with Crippen LogP contribution in [0.1, 0.15) is 348 Å². The molecule has 0 saturated heterocycles. The highest BCUT2D eigenvalue weighted by molar-refractivity contribution is 5.76. The molecule has 2 unspecified atom stereocenters. The van der Waals surface area contributed by atoms with Crippen LogP contribution in [0.25, 0.3) is 0 Å². The van der Waals surface area contributed by atoms with Gasteiger partial charge in [0.1, 0.15) is 0 Å². The molecule has 0 aliphatic rings. The Labute approximate surface area is 413 Å². The van der Waals surface area contributed by atoms with E-state index >= 15 is 0 Å². The second kappa shape index (κ2) is 56.4. The minimum atomic E-state index is -0.670. The molecule has 0 radical (unpaired) electrons. The van der Waals surface area contributed by atoms with Gasteiger partial charge in [0.05, 0.1) is 25.4 Å². The van der Waals surface area contributed by atoms with E-state index in [1.807, 2.05) is 0 Å². The van der Waals surface area contributed by atoms with E-state index in [4.69, 9.17) is 4.74 Å². The highest BCUT2D eigenvalue weighted by atomic mass is 16.5. The predicted octanol–water partition coefficient (Wildman–Crippen LogP) is 18.7. The molecular formula is C60H119NO5. The zero-order chi connectivity index (χ0) is 47.9. The highest BCUT2D eigenvalue weighted by Gasteiger charge is 2.20. The van der Waals surface area contributed by atoms with Crippen LogP contribution < -0.4 is 5.32 Å². The van der Waals surface area contributed by atoms with Gasteiger partial charge in [0.25, 0.3) is 0 Å². The number of ether oxygens (including phenoxy) is 1. The van der Waals surface area contributed by atoms with Crippen LogP contribution in [0.2, 0.25) is 0 Å². The summed E-state index contributed by atoms with van der Waals surface area (Å²) in [4.78, 5) is 24.6. The third-order valence-electron chi connectivity index (χ3n) is 14.4. The average molecular weight is 935 g/mol. The molecule has 394 valence electrons. The summed E-state index contributed by atoms with van der Waals surface area (Å²) >= 11 is 0. The molecule has 0 bridgehead atoms. The van der Waals surface area contributed by atoms with Crippen molar-refractivity contribution >= 4 is 11.9 Å². The van der Waals surface area contributed by atoms with Gasteiger partial charge in [0, 0.05) is 12.8 Å². The van der Waals surface area contributed by atoms with Gasteiger partial charge in [-0.1, -0.05) is 309 Å². The first-order valence-corrected chi connectivity index (χ1v) is 30.3. The van der Waals surface area contributed by atoms with Gasteiger partial charge in [-0.2, -0.15) is 0 Å². The van der Waals surface area contributed by atoms with Crippen LogP contribution in [0.5, 0.6) is 0 Å². The standard InChI is InChI=1S/C60H119NO5/c1-3-5-7-9-11-13-15-17-19-21-23-24-28-32-36-40-44-48-52-58(63)57(56-62)61-59(64)53-49-45-41-37-33-29-26-27-31-35-39-43-47-51-55-66-60(65)54-50-46-42-38-34-30-25-22-20-18-16-14-12-10-8-6-4-2/h57-58,62-63H,3-56H2,1-2H3,(H,61,64). The number of carbonyl (C=O) groups is 2. The highest BCUT2D eigenvalue weighted by Crippen LogP contribution is 2.18. The molecule has 6 nitrogen and oxygen atoms in total. The third-order valence-corrected chi connectivity index (χ3v) is 14.4. The quantitative estimate of drug-likeness (QED) is 0.0417. The van der Waals surface area contributed by atoms with Crippen molar-refractivity contribution in [1.82, 2.24) is 5.32 Å². The van der Waals surface area contributed by atoms with Crippen LogP contribution in [0, 0.1) is 0 Å². The summed E-state index contributed by atoms with van der Waals surface area (Å²) in [5.74, 6) is -0.0382. The van der Waals surface area contributed by atoms with E-state index in [2.05, 4.69) is 19.2 Å². The molecule has 0 aromatic carbocycles. The van der Waals surface area contributed by atoms with E-state index in [0.29, 0.717) is 25.9 Å². The zero-order valence-electron chi connectivity index (χ0n) is 45.0. The Balaban J connectivity index is 3.41. The van der Waals surface area contributed by atoms with Gasteiger partial charge in [-0.15, -0.1) is 0 Å². The van der Waals surface area contributed by atoms with Crippen molar-refractivity contribution in [2.45, 2.75) is 360 Å². The molecule has 1 amide bonds. The lowest BCUT2D eigenvalue weighted by Crippen LogP contribution is -2.45. The fourth-order valence-corrected chi connectivity index (χ4v) is 9.76. The van der Waals surface area contributed by atoms with Crippen molar-refractivity contribution in [1.29, 1.82) is 0 Å². The summed E-state index contributed by atoms with van der Waals surface area (Å²) in [6.45, 7) is 4.97. The Bertz CT molecular complexity index is 944.